The Kier molecular flexibility index (Phi) is 2.68. The Morgan fingerprint density at radius 2 is 2.27 bits per heavy atom. The van der Waals surface area contributed by atoms with Crippen LogP contribution in [0.4, 0.5) is 11.4 Å². The van der Waals surface area contributed by atoms with Crippen LogP contribution in [0, 0.1) is 10.1 Å². The van der Waals surface area contributed by atoms with Crippen LogP contribution in [0.1, 0.15) is 6.42 Å². The summed E-state index contributed by atoms with van der Waals surface area (Å²) in [6, 6.07) is 4.60. The number of nitro benzene ring substituents is 1. The van der Waals surface area contributed by atoms with E-state index in [1.54, 1.807) is 6.07 Å². The predicted octanol–water partition coefficient (Wildman–Crippen LogP) is 2.57. The van der Waals surface area contributed by atoms with E-state index >= 15 is 0 Å². The number of nitrogens with one attached hydrogen (secondary N) is 1. The summed E-state index contributed by atoms with van der Waals surface area (Å²) in [6.07, 6.45) is 0.898. The van der Waals surface area contributed by atoms with Crippen molar-refractivity contribution in [2.24, 2.45) is 4.99 Å². The topological polar surface area (TPSA) is 67.5 Å². The van der Waals surface area contributed by atoms with Gasteiger partial charge in [0.2, 0.25) is 0 Å². The van der Waals surface area contributed by atoms with Crippen LogP contribution in [0.15, 0.2) is 27.7 Å². The molecule has 0 amide bonds. The maximum atomic E-state index is 10.6. The smallest absolute Gasteiger partial charge is 0.271 e. The van der Waals surface area contributed by atoms with Crippen LogP contribution in [-0.2, 0) is 0 Å². The van der Waals surface area contributed by atoms with Crippen molar-refractivity contribution < 1.29 is 4.92 Å². The van der Waals surface area contributed by atoms with Gasteiger partial charge in [0.25, 0.3) is 5.69 Å². The second-order valence-electron chi connectivity index (χ2n) is 3.12. The van der Waals surface area contributed by atoms with Gasteiger partial charge in [0.15, 0.2) is 0 Å². The Bertz CT molecular complexity index is 445. The first-order chi connectivity index (χ1) is 7.16. The van der Waals surface area contributed by atoms with E-state index in [1.165, 1.54) is 12.1 Å². The fraction of sp³-hybridized carbons (Fsp3) is 0.222. The van der Waals surface area contributed by atoms with E-state index < -0.39 is 4.92 Å². The maximum absolute atomic E-state index is 10.6. The van der Waals surface area contributed by atoms with E-state index in [1.807, 2.05) is 0 Å². The van der Waals surface area contributed by atoms with Crippen LogP contribution in [0.25, 0.3) is 0 Å². The minimum absolute atomic E-state index is 0.0700. The molecule has 1 aromatic rings. The molecule has 78 valence electrons. The number of nitrogens with zero attached hydrogens (tertiary/aromatic N) is 2. The van der Waals surface area contributed by atoms with Gasteiger partial charge >= 0.3 is 0 Å². The average molecular weight is 270 g/mol. The van der Waals surface area contributed by atoms with Gasteiger partial charge in [-0.1, -0.05) is 0 Å². The number of anilines is 1. The highest BCUT2D eigenvalue weighted by Crippen LogP contribution is 2.27. The largest absolute Gasteiger partial charge is 0.343 e. The van der Waals surface area contributed by atoms with Crippen molar-refractivity contribution in [2.75, 3.05) is 11.9 Å². The van der Waals surface area contributed by atoms with Crippen LogP contribution in [0.5, 0.6) is 0 Å². The summed E-state index contributed by atoms with van der Waals surface area (Å²) in [6.45, 7) is 0.828. The molecular weight excluding hydrogens is 262 g/mol. The van der Waals surface area contributed by atoms with E-state index in [0.29, 0.717) is 5.69 Å². The Morgan fingerprint density at radius 1 is 1.53 bits per heavy atom. The highest BCUT2D eigenvalue weighted by atomic mass is 79.9. The lowest BCUT2D eigenvalue weighted by Gasteiger charge is -2.16. The van der Waals surface area contributed by atoms with Crippen molar-refractivity contribution in [3.05, 3.63) is 32.8 Å². The van der Waals surface area contributed by atoms with Gasteiger partial charge < -0.3 is 5.32 Å². The third kappa shape index (κ3) is 2.15. The zero-order valence-electron chi connectivity index (χ0n) is 7.74. The Labute approximate surface area is 94.5 Å². The molecule has 0 aromatic heterocycles. The monoisotopic (exact) mass is 269 g/mol. The lowest BCUT2D eigenvalue weighted by molar-refractivity contribution is -0.384. The fourth-order valence-corrected chi connectivity index (χ4v) is 1.55. The fourth-order valence-electron chi connectivity index (χ4n) is 1.20. The van der Waals surface area contributed by atoms with Crippen molar-refractivity contribution in [1.82, 2.24) is 0 Å². The summed E-state index contributed by atoms with van der Waals surface area (Å²) in [7, 11) is 0. The normalized spacial score (nSPS) is 14.1. The number of aliphatic imine (C=N–C) groups is 1. The van der Waals surface area contributed by atoms with E-state index in [9.17, 15) is 10.1 Å². The number of rotatable bonds is 2. The van der Waals surface area contributed by atoms with Gasteiger partial charge in [-0.05, 0) is 22.0 Å². The molecule has 0 saturated heterocycles. The first kappa shape index (κ1) is 10.1. The van der Waals surface area contributed by atoms with Crippen LogP contribution in [0.3, 0.4) is 0 Å². The van der Waals surface area contributed by atoms with Crippen LogP contribution >= 0.6 is 15.9 Å². The van der Waals surface area contributed by atoms with Gasteiger partial charge in [0, 0.05) is 29.6 Å². The molecule has 1 heterocycles. The van der Waals surface area contributed by atoms with E-state index in [4.69, 9.17) is 0 Å². The quantitative estimate of drug-likeness (QED) is 0.663. The molecular formula is C9H8BrN3O2. The van der Waals surface area contributed by atoms with Gasteiger partial charge in [0.05, 0.1) is 10.6 Å². The van der Waals surface area contributed by atoms with Gasteiger partial charge in [0.1, 0.15) is 5.84 Å². The molecule has 0 fully saturated rings. The molecule has 0 aliphatic carbocycles. The van der Waals surface area contributed by atoms with Crippen molar-refractivity contribution >= 4 is 33.1 Å². The molecule has 1 aliphatic rings. The van der Waals surface area contributed by atoms with Crippen molar-refractivity contribution in [3.63, 3.8) is 0 Å². The number of benzene rings is 1. The molecule has 15 heavy (non-hydrogen) atoms. The number of hydrogen-bond acceptors (Lipinski definition) is 4. The molecule has 0 radical (unpaired) electrons. The number of hydrogen-bond donors (Lipinski definition) is 1. The molecule has 1 aromatic carbocycles. The lowest BCUT2D eigenvalue weighted by atomic mass is 10.2. The number of halogens is 1. The predicted molar refractivity (Wildman–Crippen MR) is 61.3 cm³/mol. The van der Waals surface area contributed by atoms with Crippen LogP contribution in [0.2, 0.25) is 0 Å². The van der Waals surface area contributed by atoms with Crippen molar-refractivity contribution in [1.29, 1.82) is 0 Å². The molecule has 2 rings (SSSR count). The average Bonchev–Trinajstić information content (AvgIpc) is 2.13. The van der Waals surface area contributed by atoms with E-state index in [2.05, 4.69) is 26.2 Å². The number of nitro groups is 1. The van der Waals surface area contributed by atoms with Crippen LogP contribution in [-0.4, -0.2) is 17.3 Å². The lowest BCUT2D eigenvalue weighted by Crippen LogP contribution is -2.21. The summed E-state index contributed by atoms with van der Waals surface area (Å²) in [5.41, 5.74) is 0.753. The Hall–Kier alpha value is -1.43. The molecule has 0 bridgehead atoms. The van der Waals surface area contributed by atoms with E-state index in [-0.39, 0.29) is 5.69 Å². The van der Waals surface area contributed by atoms with Crippen molar-refractivity contribution in [3.8, 4) is 0 Å². The SMILES string of the molecule is O=[N+]([O-])c1ccc(Br)c(NC2=NCC2)c1. The third-order valence-corrected chi connectivity index (χ3v) is 2.78. The molecule has 0 spiro atoms. The number of non-ortho nitro benzene ring substituents is 1. The highest BCUT2D eigenvalue weighted by molar-refractivity contribution is 9.10. The zero-order valence-corrected chi connectivity index (χ0v) is 9.32. The summed E-state index contributed by atoms with van der Waals surface area (Å²) >= 11 is 3.32. The van der Waals surface area contributed by atoms with Gasteiger partial charge in [-0.3, -0.25) is 15.1 Å². The molecule has 6 heteroatoms. The highest BCUT2D eigenvalue weighted by Gasteiger charge is 2.13. The standard InChI is InChI=1S/C9H8BrN3O2/c10-7-2-1-6(13(14)15)5-8(7)12-9-3-4-11-9/h1-2,5H,3-4H2,(H,11,12). The summed E-state index contributed by atoms with van der Waals surface area (Å²) in [5.74, 6) is 0.871. The molecule has 5 nitrogen and oxygen atoms in total. The molecule has 1 aliphatic heterocycles. The minimum Gasteiger partial charge on any atom is -0.343 e. The minimum atomic E-state index is -0.416. The Balaban J connectivity index is 2.27. The van der Waals surface area contributed by atoms with Gasteiger partial charge in [-0.25, -0.2) is 0 Å². The summed E-state index contributed by atoms with van der Waals surface area (Å²) < 4.78 is 0.794. The molecule has 0 saturated carbocycles. The molecule has 1 N–H and O–H groups in total. The Morgan fingerprint density at radius 3 is 2.80 bits per heavy atom. The van der Waals surface area contributed by atoms with Crippen molar-refractivity contribution in [2.45, 2.75) is 6.42 Å². The first-order valence-corrected chi connectivity index (χ1v) is 5.20. The summed E-state index contributed by atoms with van der Waals surface area (Å²) in [5, 5.41) is 13.6. The number of amidine groups is 1. The third-order valence-electron chi connectivity index (χ3n) is 2.09. The summed E-state index contributed by atoms with van der Waals surface area (Å²) in [4.78, 5) is 14.2. The second-order valence-corrected chi connectivity index (χ2v) is 3.98. The first-order valence-electron chi connectivity index (χ1n) is 4.41. The molecule has 0 unspecified atom stereocenters. The zero-order chi connectivity index (χ0) is 10.8. The second kappa shape index (κ2) is 3.98. The van der Waals surface area contributed by atoms with Gasteiger partial charge in [-0.2, -0.15) is 0 Å². The molecule has 0 atom stereocenters. The maximum Gasteiger partial charge on any atom is 0.271 e. The van der Waals surface area contributed by atoms with Gasteiger partial charge in [-0.15, -0.1) is 0 Å². The van der Waals surface area contributed by atoms with Crippen LogP contribution < -0.4 is 5.32 Å². The van der Waals surface area contributed by atoms with E-state index in [0.717, 1.165) is 23.3 Å².